The van der Waals surface area contributed by atoms with Crippen LogP contribution in [0.25, 0.3) is 10.9 Å². The lowest BCUT2D eigenvalue weighted by atomic mass is 9.74. The number of nitrogens with zero attached hydrogens (tertiary/aromatic N) is 2. The minimum absolute atomic E-state index is 0.0425. The van der Waals surface area contributed by atoms with Gasteiger partial charge < -0.3 is 14.6 Å². The monoisotopic (exact) mass is 439 g/mol. The zero-order chi connectivity index (χ0) is 22.8. The van der Waals surface area contributed by atoms with E-state index in [4.69, 9.17) is 4.74 Å². The van der Waals surface area contributed by atoms with Gasteiger partial charge in [-0.2, -0.15) is 0 Å². The highest BCUT2D eigenvalue weighted by Crippen LogP contribution is 2.37. The fourth-order valence-corrected chi connectivity index (χ4v) is 5.73. The van der Waals surface area contributed by atoms with Gasteiger partial charge in [-0.15, -0.1) is 0 Å². The molecule has 0 saturated heterocycles. The fourth-order valence-electron chi connectivity index (χ4n) is 5.73. The van der Waals surface area contributed by atoms with Crippen LogP contribution in [0.5, 0.6) is 0 Å². The summed E-state index contributed by atoms with van der Waals surface area (Å²) in [5, 5.41) is 4.33. The molecular formula is C26H37N3O3. The number of nitrogens with one attached hydrogen (secondary N) is 1. The van der Waals surface area contributed by atoms with E-state index in [1.807, 2.05) is 39.2 Å². The van der Waals surface area contributed by atoms with Crippen LogP contribution in [0, 0.1) is 18.8 Å². The van der Waals surface area contributed by atoms with E-state index in [2.05, 4.69) is 17.2 Å². The van der Waals surface area contributed by atoms with Gasteiger partial charge in [-0.1, -0.05) is 13.3 Å². The highest BCUT2D eigenvalue weighted by atomic mass is 16.5. The van der Waals surface area contributed by atoms with E-state index in [9.17, 15) is 9.59 Å². The molecule has 2 fully saturated rings. The second kappa shape index (κ2) is 9.74. The van der Waals surface area contributed by atoms with E-state index in [0.29, 0.717) is 12.5 Å². The summed E-state index contributed by atoms with van der Waals surface area (Å²) >= 11 is 0. The summed E-state index contributed by atoms with van der Waals surface area (Å²) in [6.45, 7) is 6.89. The Morgan fingerprint density at radius 3 is 2.81 bits per heavy atom. The Labute approximate surface area is 190 Å². The number of rotatable bonds is 5. The van der Waals surface area contributed by atoms with Crippen molar-refractivity contribution in [2.45, 2.75) is 83.8 Å². The van der Waals surface area contributed by atoms with Crippen molar-refractivity contribution in [3.05, 3.63) is 39.9 Å². The second-order valence-electron chi connectivity index (χ2n) is 9.89. The van der Waals surface area contributed by atoms with E-state index >= 15 is 0 Å². The summed E-state index contributed by atoms with van der Waals surface area (Å²) < 4.78 is 7.54. The molecule has 174 valence electrons. The molecule has 0 bridgehead atoms. The number of aromatic nitrogens is 2. The highest BCUT2D eigenvalue weighted by molar-refractivity contribution is 5.80. The zero-order valence-electron chi connectivity index (χ0n) is 19.9. The summed E-state index contributed by atoms with van der Waals surface area (Å²) in [6, 6.07) is 4.12. The number of amides is 1. The zero-order valence-corrected chi connectivity index (χ0v) is 19.9. The molecule has 6 heteroatoms. The molecule has 0 aliphatic heterocycles. The molecule has 2 saturated carbocycles. The van der Waals surface area contributed by atoms with E-state index in [1.165, 1.54) is 0 Å². The van der Waals surface area contributed by atoms with Gasteiger partial charge in [-0.25, -0.2) is 0 Å². The lowest BCUT2D eigenvalue weighted by molar-refractivity contribution is -0.128. The van der Waals surface area contributed by atoms with Crippen molar-refractivity contribution in [1.29, 1.82) is 0 Å². The molecular weight excluding hydrogens is 402 g/mol. The summed E-state index contributed by atoms with van der Waals surface area (Å²) in [7, 11) is 1.85. The first-order chi connectivity index (χ1) is 15.4. The minimum Gasteiger partial charge on any atom is -0.378 e. The first kappa shape index (κ1) is 23.0. The van der Waals surface area contributed by atoms with Crippen LogP contribution >= 0.6 is 0 Å². The van der Waals surface area contributed by atoms with Gasteiger partial charge in [0.05, 0.1) is 11.6 Å². The molecule has 6 nitrogen and oxygen atoms in total. The molecule has 2 aliphatic carbocycles. The molecule has 32 heavy (non-hydrogen) atoms. The quantitative estimate of drug-likeness (QED) is 0.757. The van der Waals surface area contributed by atoms with Gasteiger partial charge in [0, 0.05) is 48.5 Å². The van der Waals surface area contributed by atoms with Crippen molar-refractivity contribution in [2.24, 2.45) is 18.9 Å². The molecule has 0 aromatic carbocycles. The molecule has 5 atom stereocenters. The van der Waals surface area contributed by atoms with Crippen molar-refractivity contribution in [3.63, 3.8) is 0 Å². The van der Waals surface area contributed by atoms with Crippen LogP contribution in [-0.2, 0) is 16.6 Å². The molecule has 2 heterocycles. The molecule has 2 aromatic heterocycles. The SMILES string of the molecule is CCOC1CCCC(C(=O)NC2CCC(C)C(c3cc4cnc(C)cc4n(C)c3=O)C2)C1. The van der Waals surface area contributed by atoms with Crippen LogP contribution in [0.15, 0.2) is 23.1 Å². The number of pyridine rings is 2. The molecule has 1 amide bonds. The Morgan fingerprint density at radius 2 is 2.03 bits per heavy atom. The standard InChI is InChI=1S/C26H37N3O3/c1-5-32-21-8-6-7-18(12-21)25(30)28-20-10-9-16(2)22(14-20)23-13-19-15-27-17(3)11-24(19)29(4)26(23)31/h11,13,15-16,18,20-22H,5-10,12,14H2,1-4H3,(H,28,30). The number of fused-ring (bicyclic) bond motifs is 1. The van der Waals surface area contributed by atoms with Gasteiger partial charge >= 0.3 is 0 Å². The van der Waals surface area contributed by atoms with Crippen LogP contribution in [0.2, 0.25) is 0 Å². The average molecular weight is 440 g/mol. The molecule has 1 N–H and O–H groups in total. The van der Waals surface area contributed by atoms with Crippen LogP contribution in [0.4, 0.5) is 0 Å². The summed E-state index contributed by atoms with van der Waals surface area (Å²) in [4.78, 5) is 30.7. The predicted molar refractivity (Wildman–Crippen MR) is 127 cm³/mol. The Hall–Kier alpha value is -2.21. The maximum absolute atomic E-state index is 13.3. The normalized spacial score (nSPS) is 28.6. The van der Waals surface area contributed by atoms with Gasteiger partial charge in [-0.05, 0) is 76.3 Å². The number of carbonyl (C=O) groups excluding carboxylic acids is 1. The van der Waals surface area contributed by atoms with Crippen molar-refractivity contribution in [3.8, 4) is 0 Å². The molecule has 5 unspecified atom stereocenters. The Bertz CT molecular complexity index is 1030. The number of hydrogen-bond donors (Lipinski definition) is 1. The van der Waals surface area contributed by atoms with E-state index in [1.54, 1.807) is 4.57 Å². The van der Waals surface area contributed by atoms with Gasteiger partial charge in [0.25, 0.3) is 5.56 Å². The fraction of sp³-hybridized carbons (Fsp3) is 0.654. The lowest BCUT2D eigenvalue weighted by Crippen LogP contribution is -2.44. The lowest BCUT2D eigenvalue weighted by Gasteiger charge is -2.36. The van der Waals surface area contributed by atoms with Crippen LogP contribution in [0.3, 0.4) is 0 Å². The second-order valence-corrected chi connectivity index (χ2v) is 9.89. The van der Waals surface area contributed by atoms with Gasteiger partial charge in [0.2, 0.25) is 5.91 Å². The first-order valence-electron chi connectivity index (χ1n) is 12.3. The Morgan fingerprint density at radius 1 is 1.22 bits per heavy atom. The topological polar surface area (TPSA) is 73.2 Å². The van der Waals surface area contributed by atoms with Crippen molar-refractivity contribution in [1.82, 2.24) is 14.9 Å². The molecule has 0 radical (unpaired) electrons. The largest absolute Gasteiger partial charge is 0.378 e. The molecule has 0 spiro atoms. The van der Waals surface area contributed by atoms with Gasteiger partial charge in [0.15, 0.2) is 0 Å². The smallest absolute Gasteiger partial charge is 0.254 e. The van der Waals surface area contributed by atoms with E-state index < -0.39 is 0 Å². The first-order valence-corrected chi connectivity index (χ1v) is 12.3. The van der Waals surface area contributed by atoms with Crippen LogP contribution < -0.4 is 10.9 Å². The summed E-state index contributed by atoms with van der Waals surface area (Å²) in [5.41, 5.74) is 2.74. The van der Waals surface area contributed by atoms with Gasteiger partial charge in [0.1, 0.15) is 0 Å². The maximum atomic E-state index is 13.3. The third-order valence-corrected chi connectivity index (χ3v) is 7.61. The Balaban J connectivity index is 1.50. The maximum Gasteiger partial charge on any atom is 0.254 e. The molecule has 2 aliphatic rings. The molecule has 4 rings (SSSR count). The third-order valence-electron chi connectivity index (χ3n) is 7.61. The van der Waals surface area contributed by atoms with Crippen LogP contribution in [0.1, 0.15) is 76.0 Å². The summed E-state index contributed by atoms with van der Waals surface area (Å²) in [6.07, 6.45) is 8.74. The van der Waals surface area contributed by atoms with Gasteiger partial charge in [-0.3, -0.25) is 14.6 Å². The number of hydrogen-bond acceptors (Lipinski definition) is 4. The molecule has 2 aromatic rings. The highest BCUT2D eigenvalue weighted by Gasteiger charge is 2.34. The number of carbonyl (C=O) groups is 1. The number of aryl methyl sites for hydroxylation is 2. The predicted octanol–water partition coefficient (Wildman–Crippen LogP) is 4.23. The van der Waals surface area contributed by atoms with Crippen molar-refractivity contribution in [2.75, 3.05) is 6.61 Å². The van der Waals surface area contributed by atoms with Crippen molar-refractivity contribution < 1.29 is 9.53 Å². The van der Waals surface area contributed by atoms with E-state index in [-0.39, 0.29) is 35.4 Å². The average Bonchev–Trinajstić information content (AvgIpc) is 2.78. The minimum atomic E-state index is 0.0425. The summed E-state index contributed by atoms with van der Waals surface area (Å²) in [5.74, 6) is 0.754. The van der Waals surface area contributed by atoms with E-state index in [0.717, 1.165) is 67.1 Å². The van der Waals surface area contributed by atoms with Crippen LogP contribution in [-0.4, -0.2) is 34.2 Å². The number of ether oxygens (including phenoxy) is 1. The van der Waals surface area contributed by atoms with Crippen molar-refractivity contribution >= 4 is 16.8 Å². The Kier molecular flexibility index (Phi) is 6.99. The third kappa shape index (κ3) is 4.75.